The SMILES string of the molecule is CCCC1CCC(N2CCC3(CC2)CN(C(C)=O)c2ccc(F)cc23)CC1. The minimum atomic E-state index is -0.185. The monoisotopic (exact) mass is 372 g/mol. The summed E-state index contributed by atoms with van der Waals surface area (Å²) in [7, 11) is 0. The second-order valence-electron chi connectivity index (χ2n) is 9.05. The number of amides is 1. The molecule has 1 aromatic rings. The third-order valence-corrected chi connectivity index (χ3v) is 7.45. The van der Waals surface area contributed by atoms with E-state index in [4.69, 9.17) is 0 Å². The van der Waals surface area contributed by atoms with Gasteiger partial charge in [0, 0.05) is 30.6 Å². The van der Waals surface area contributed by atoms with Crippen LogP contribution in [0.5, 0.6) is 0 Å². The van der Waals surface area contributed by atoms with Crippen LogP contribution in [0.3, 0.4) is 0 Å². The van der Waals surface area contributed by atoms with Gasteiger partial charge in [-0.2, -0.15) is 0 Å². The maximum atomic E-state index is 14.0. The number of nitrogens with zero attached hydrogens (tertiary/aromatic N) is 2. The summed E-state index contributed by atoms with van der Waals surface area (Å²) in [4.78, 5) is 16.7. The van der Waals surface area contributed by atoms with Crippen molar-refractivity contribution in [2.75, 3.05) is 24.5 Å². The predicted octanol–water partition coefficient (Wildman–Crippen LogP) is 4.88. The van der Waals surface area contributed by atoms with Gasteiger partial charge in [-0.3, -0.25) is 4.79 Å². The van der Waals surface area contributed by atoms with Gasteiger partial charge < -0.3 is 9.80 Å². The second-order valence-corrected chi connectivity index (χ2v) is 9.05. The number of fused-ring (bicyclic) bond motifs is 2. The van der Waals surface area contributed by atoms with Crippen LogP contribution in [0.4, 0.5) is 10.1 Å². The molecule has 3 aliphatic rings. The van der Waals surface area contributed by atoms with E-state index >= 15 is 0 Å². The Balaban J connectivity index is 1.45. The van der Waals surface area contributed by atoms with Crippen molar-refractivity contribution in [3.8, 4) is 0 Å². The highest BCUT2D eigenvalue weighted by molar-refractivity contribution is 5.94. The van der Waals surface area contributed by atoms with Gasteiger partial charge in [-0.25, -0.2) is 4.39 Å². The molecule has 0 aromatic heterocycles. The second kappa shape index (κ2) is 7.54. The molecule has 1 saturated carbocycles. The number of carbonyl (C=O) groups excluding carboxylic acids is 1. The topological polar surface area (TPSA) is 23.6 Å². The molecule has 0 N–H and O–H groups in total. The van der Waals surface area contributed by atoms with Gasteiger partial charge in [-0.15, -0.1) is 0 Å². The molecule has 148 valence electrons. The molecule has 1 spiro atoms. The number of hydrogen-bond acceptors (Lipinski definition) is 2. The van der Waals surface area contributed by atoms with Crippen LogP contribution in [0, 0.1) is 11.7 Å². The quantitative estimate of drug-likeness (QED) is 0.755. The molecule has 4 rings (SSSR count). The molecule has 2 heterocycles. The minimum Gasteiger partial charge on any atom is -0.311 e. The average Bonchev–Trinajstić information content (AvgIpc) is 2.97. The molecule has 27 heavy (non-hydrogen) atoms. The van der Waals surface area contributed by atoms with E-state index in [9.17, 15) is 9.18 Å². The van der Waals surface area contributed by atoms with Gasteiger partial charge in [0.2, 0.25) is 5.91 Å². The Bertz CT molecular complexity index is 688. The molecule has 3 nitrogen and oxygen atoms in total. The fourth-order valence-corrected chi connectivity index (χ4v) is 5.87. The van der Waals surface area contributed by atoms with E-state index in [1.807, 2.05) is 4.90 Å². The number of halogens is 1. The Morgan fingerprint density at radius 2 is 1.89 bits per heavy atom. The molecule has 0 atom stereocenters. The summed E-state index contributed by atoms with van der Waals surface area (Å²) in [5.74, 6) is 0.822. The molecule has 1 saturated heterocycles. The molecular formula is C23H33FN2O. The maximum Gasteiger partial charge on any atom is 0.223 e. The maximum absolute atomic E-state index is 14.0. The number of piperidine rings is 1. The first-order valence-corrected chi connectivity index (χ1v) is 10.8. The number of anilines is 1. The highest BCUT2D eigenvalue weighted by atomic mass is 19.1. The summed E-state index contributed by atoms with van der Waals surface area (Å²) in [6.07, 6.45) is 10.2. The highest BCUT2D eigenvalue weighted by Gasteiger charge is 2.46. The fourth-order valence-electron chi connectivity index (χ4n) is 5.87. The molecule has 4 heteroatoms. The average molecular weight is 373 g/mol. The van der Waals surface area contributed by atoms with Crippen molar-refractivity contribution in [2.24, 2.45) is 5.92 Å². The fraction of sp³-hybridized carbons (Fsp3) is 0.696. The molecule has 0 bridgehead atoms. The van der Waals surface area contributed by atoms with Crippen molar-refractivity contribution in [1.82, 2.24) is 4.90 Å². The number of likely N-dealkylation sites (tertiary alicyclic amines) is 1. The van der Waals surface area contributed by atoms with Gasteiger partial charge in [-0.1, -0.05) is 19.8 Å². The van der Waals surface area contributed by atoms with E-state index < -0.39 is 0 Å². The van der Waals surface area contributed by atoms with E-state index in [1.54, 1.807) is 19.1 Å². The van der Waals surface area contributed by atoms with Crippen molar-refractivity contribution >= 4 is 11.6 Å². The summed E-state index contributed by atoms with van der Waals surface area (Å²) in [6, 6.07) is 5.69. The van der Waals surface area contributed by atoms with Crippen molar-refractivity contribution in [1.29, 1.82) is 0 Å². The van der Waals surface area contributed by atoms with Gasteiger partial charge in [0.1, 0.15) is 5.82 Å². The summed E-state index contributed by atoms with van der Waals surface area (Å²) in [5.41, 5.74) is 1.93. The van der Waals surface area contributed by atoms with Gasteiger partial charge in [0.05, 0.1) is 0 Å². The van der Waals surface area contributed by atoms with Crippen molar-refractivity contribution in [3.63, 3.8) is 0 Å². The predicted molar refractivity (Wildman–Crippen MR) is 108 cm³/mol. The molecule has 1 aliphatic carbocycles. The lowest BCUT2D eigenvalue weighted by Gasteiger charge is -2.45. The highest BCUT2D eigenvalue weighted by Crippen LogP contribution is 2.48. The van der Waals surface area contributed by atoms with Crippen LogP contribution < -0.4 is 4.90 Å². The summed E-state index contributed by atoms with van der Waals surface area (Å²) >= 11 is 0. The minimum absolute atomic E-state index is 0.0565. The third kappa shape index (κ3) is 3.53. The Labute approximate surface area is 162 Å². The molecule has 2 aliphatic heterocycles. The Morgan fingerprint density at radius 3 is 2.52 bits per heavy atom. The van der Waals surface area contributed by atoms with E-state index in [2.05, 4.69) is 11.8 Å². The van der Waals surface area contributed by atoms with Crippen LogP contribution in [-0.2, 0) is 10.2 Å². The Kier molecular flexibility index (Phi) is 5.28. The van der Waals surface area contributed by atoms with Gasteiger partial charge in [0.25, 0.3) is 0 Å². The largest absolute Gasteiger partial charge is 0.311 e. The standard InChI is InChI=1S/C23H33FN2O/c1-3-4-18-5-8-20(9-6-18)25-13-11-23(12-14-25)16-26(17(2)27)22-10-7-19(24)15-21(22)23/h7,10,15,18,20H,3-6,8-9,11-14,16H2,1-2H3. The zero-order valence-electron chi connectivity index (χ0n) is 16.8. The lowest BCUT2D eigenvalue weighted by molar-refractivity contribution is -0.116. The van der Waals surface area contributed by atoms with Gasteiger partial charge in [-0.05, 0) is 81.3 Å². The summed E-state index contributed by atoms with van der Waals surface area (Å²) in [6.45, 7) is 6.78. The molecule has 0 radical (unpaired) electrons. The first-order chi connectivity index (χ1) is 13.0. The van der Waals surface area contributed by atoms with Crippen LogP contribution in [0.2, 0.25) is 0 Å². The van der Waals surface area contributed by atoms with Crippen molar-refractivity contribution < 1.29 is 9.18 Å². The smallest absolute Gasteiger partial charge is 0.223 e. The number of carbonyl (C=O) groups is 1. The molecule has 0 unspecified atom stereocenters. The van der Waals surface area contributed by atoms with Crippen LogP contribution in [-0.4, -0.2) is 36.5 Å². The molecular weight excluding hydrogens is 339 g/mol. The van der Waals surface area contributed by atoms with Crippen molar-refractivity contribution in [2.45, 2.75) is 76.7 Å². The van der Waals surface area contributed by atoms with Crippen LogP contribution in [0.1, 0.15) is 70.8 Å². The van der Waals surface area contributed by atoms with E-state index in [-0.39, 0.29) is 17.1 Å². The van der Waals surface area contributed by atoms with E-state index in [1.165, 1.54) is 44.6 Å². The van der Waals surface area contributed by atoms with E-state index in [0.717, 1.165) is 55.7 Å². The van der Waals surface area contributed by atoms with Gasteiger partial charge in [0.15, 0.2) is 0 Å². The number of benzene rings is 1. The number of rotatable bonds is 3. The molecule has 2 fully saturated rings. The lowest BCUT2D eigenvalue weighted by Crippen LogP contribution is -2.49. The van der Waals surface area contributed by atoms with Crippen LogP contribution in [0.25, 0.3) is 0 Å². The first-order valence-electron chi connectivity index (χ1n) is 10.8. The van der Waals surface area contributed by atoms with Crippen LogP contribution in [0.15, 0.2) is 18.2 Å². The lowest BCUT2D eigenvalue weighted by atomic mass is 9.73. The third-order valence-electron chi connectivity index (χ3n) is 7.45. The first kappa shape index (κ1) is 18.9. The van der Waals surface area contributed by atoms with Crippen molar-refractivity contribution in [3.05, 3.63) is 29.6 Å². The van der Waals surface area contributed by atoms with Crippen LogP contribution >= 0.6 is 0 Å². The summed E-state index contributed by atoms with van der Waals surface area (Å²) in [5, 5.41) is 0. The Hall–Kier alpha value is -1.42. The summed E-state index contributed by atoms with van der Waals surface area (Å²) < 4.78 is 14.0. The normalized spacial score (nSPS) is 27.7. The molecule has 1 amide bonds. The number of hydrogen-bond donors (Lipinski definition) is 0. The van der Waals surface area contributed by atoms with E-state index in [0.29, 0.717) is 0 Å². The molecule has 1 aromatic carbocycles. The zero-order valence-corrected chi connectivity index (χ0v) is 16.8. The Morgan fingerprint density at radius 1 is 1.19 bits per heavy atom. The van der Waals surface area contributed by atoms with Gasteiger partial charge >= 0.3 is 0 Å². The zero-order chi connectivity index (χ0) is 19.0.